The molecule has 0 spiro atoms. The van der Waals surface area contributed by atoms with Crippen molar-refractivity contribution in [2.24, 2.45) is 0 Å². The van der Waals surface area contributed by atoms with Crippen molar-refractivity contribution >= 4 is 194 Å². The second-order valence-electron chi connectivity index (χ2n) is 24.0. The van der Waals surface area contributed by atoms with E-state index in [1.165, 1.54) is 77.0 Å². The van der Waals surface area contributed by atoms with E-state index in [4.69, 9.17) is 0 Å². The zero-order valence-corrected chi connectivity index (χ0v) is 56.6. The molecule has 26 heteroatoms. The van der Waals surface area contributed by atoms with Crippen LogP contribution in [0.15, 0.2) is 145 Å². The molecule has 0 aliphatic carbocycles. The van der Waals surface area contributed by atoms with Crippen LogP contribution < -0.4 is 31.9 Å². The van der Waals surface area contributed by atoms with E-state index in [0.29, 0.717) is 29.9 Å². The molecule has 12 amide bonds. The van der Waals surface area contributed by atoms with Crippen molar-refractivity contribution in [2.45, 2.75) is 0 Å². The summed E-state index contributed by atoms with van der Waals surface area (Å²) in [4.78, 5) is 181. The van der Waals surface area contributed by atoms with Gasteiger partial charge < -0.3 is 0 Å². The molecule has 20 rings (SSSR count). The lowest BCUT2D eigenvalue weighted by Crippen LogP contribution is -2.39. The molecule has 6 aromatic carbocycles. The Morgan fingerprint density at radius 1 is 0.180 bits per heavy atom. The van der Waals surface area contributed by atoms with E-state index in [2.05, 4.69) is 97.9 Å². The number of benzene rings is 6. The van der Waals surface area contributed by atoms with Gasteiger partial charge in [0.15, 0.2) is 0 Å². The Balaban J connectivity index is 0.658. The standard InChI is InChI=1S/C74H30N6O12S8/c81-63-25-3-4-26-53-52(25)32(65(83)75-63)20-27(58(53)70(88)76-64(26)82)37-5-6-38(94-37)28-21-33-55-54-34(67(85)77-71(89)59(28)54)22-29(60(55)72(90)78-66(33)84)39-7-8-40(95-39)30-23-35-57-56-36(69(87)79-73(91)61(30)56)24-31(62(57)74(92)80-68(35)86)41-9-10-44(96-41)45-13-14-48(98-45)49-17-18-51(100-49)50-16-15-47(99-50)46-12-11-43(97-46)42-2-1-19-93-42/h1-24H,(H,75,81,83)(H,76,82,88)(H,77,85,89)(H,78,84,90)(H,79,87,91)(H,80,86,92). The van der Waals surface area contributed by atoms with Crippen LogP contribution in [0.5, 0.6) is 0 Å². The average Bonchev–Trinajstić information content (AvgIpc) is 1.36. The topological polar surface area (TPSA) is 277 Å². The van der Waals surface area contributed by atoms with Crippen LogP contribution in [0.25, 0.3) is 133 Å². The highest BCUT2D eigenvalue weighted by atomic mass is 32.1. The zero-order chi connectivity index (χ0) is 67.7. The molecule has 18 nitrogen and oxygen atoms in total. The first-order valence-electron chi connectivity index (χ1n) is 30.4. The normalized spacial score (nSPS) is 14.9. The number of rotatable bonds is 10. The van der Waals surface area contributed by atoms with Gasteiger partial charge in [0.05, 0.1) is 27.8 Å². The van der Waals surface area contributed by atoms with Gasteiger partial charge in [0, 0.05) is 172 Å². The Kier molecular flexibility index (Phi) is 12.3. The highest BCUT2D eigenvalue weighted by molar-refractivity contribution is 7.30. The quantitative estimate of drug-likeness (QED) is 0.0698. The lowest BCUT2D eigenvalue weighted by Gasteiger charge is -2.27. The lowest BCUT2D eigenvalue weighted by atomic mass is 9.81. The van der Waals surface area contributed by atoms with Gasteiger partial charge in [-0.3, -0.25) is 89.4 Å². The SMILES string of the molecule is O=C1NC(=O)c2cc(-c3ccc(-c4cc5c6c(c(-c7ccc(-c8cc9c%10c(c(-c%11ccc(-c%12ccc(-c%13ccc(-c%14ccc(-c%15ccc(-c%16cccs%16)s%15)s%14)s%13)s%12)s%11)cc%11c%10c8C(=O)NC%11=O)C(=O)NC9=O)s7)cc7c6c4C(=O)NC7=O)C(=O)NC5=O)s3)c3c4c(ccc1c24)C(=O)NC3=O. The molecule has 0 unspecified atom stereocenters. The predicted octanol–water partition coefficient (Wildman–Crippen LogP) is 15.6. The molecule has 0 atom stereocenters. The first kappa shape index (κ1) is 58.7. The summed E-state index contributed by atoms with van der Waals surface area (Å²) >= 11 is 12.2. The monoisotopic (exact) mass is 1450 g/mol. The number of imide groups is 6. The molecule has 0 saturated heterocycles. The number of carbonyl (C=O) groups excluding carboxylic acids is 12. The fraction of sp³-hybridized carbons (Fsp3) is 0. The minimum Gasteiger partial charge on any atom is -0.288 e. The summed E-state index contributed by atoms with van der Waals surface area (Å²) in [7, 11) is 0. The number of nitrogens with one attached hydrogen (secondary N) is 6. The van der Waals surface area contributed by atoms with Gasteiger partial charge in [-0.25, -0.2) is 0 Å². The molecule has 6 N–H and O–H groups in total. The molecule has 14 aromatic rings. The van der Waals surface area contributed by atoms with Crippen LogP contribution in [-0.2, 0) is 0 Å². The summed E-state index contributed by atoms with van der Waals surface area (Å²) in [5.41, 5.74) is 1.42. The number of hydrogen-bond acceptors (Lipinski definition) is 20. The van der Waals surface area contributed by atoms with E-state index in [9.17, 15) is 57.5 Å². The summed E-state index contributed by atoms with van der Waals surface area (Å²) in [5.74, 6) is -9.26. The molecule has 8 aromatic heterocycles. The summed E-state index contributed by atoms with van der Waals surface area (Å²) in [6, 6.07) is 42.0. The van der Waals surface area contributed by atoms with Crippen LogP contribution in [-0.4, -0.2) is 70.9 Å². The maximum Gasteiger partial charge on any atom is 0.259 e. The Labute approximate surface area is 591 Å². The van der Waals surface area contributed by atoms with Crippen LogP contribution in [0.3, 0.4) is 0 Å². The van der Waals surface area contributed by atoms with E-state index in [1.54, 1.807) is 87.0 Å². The third-order valence-corrected chi connectivity index (χ3v) is 28.2. The third-order valence-electron chi connectivity index (χ3n) is 18.6. The van der Waals surface area contributed by atoms with Crippen LogP contribution in [0.4, 0.5) is 0 Å². The molecule has 476 valence electrons. The van der Waals surface area contributed by atoms with Crippen LogP contribution in [0.1, 0.15) is 124 Å². The summed E-state index contributed by atoms with van der Waals surface area (Å²) < 4.78 is 0. The fourth-order valence-electron chi connectivity index (χ4n) is 14.4. The first-order chi connectivity index (χ1) is 48.5. The maximum absolute atomic E-state index is 14.4. The van der Waals surface area contributed by atoms with E-state index in [-0.39, 0.29) is 121 Å². The number of hydrogen-bond donors (Lipinski definition) is 6. The van der Waals surface area contributed by atoms with Crippen LogP contribution in [0, 0.1) is 0 Å². The first-order valence-corrected chi connectivity index (χ1v) is 37.0. The molecule has 0 radical (unpaired) electrons. The summed E-state index contributed by atoms with van der Waals surface area (Å²) in [5, 5.41) is 17.2. The summed E-state index contributed by atoms with van der Waals surface area (Å²) in [6.45, 7) is 0. The van der Waals surface area contributed by atoms with Gasteiger partial charge >= 0.3 is 0 Å². The van der Waals surface area contributed by atoms with Crippen molar-refractivity contribution in [1.82, 2.24) is 31.9 Å². The fourth-order valence-corrected chi connectivity index (χ4v) is 22.7. The molecular formula is C74H30N6O12S8. The second-order valence-corrected chi connectivity index (χ2v) is 32.5. The predicted molar refractivity (Wildman–Crippen MR) is 387 cm³/mol. The Hall–Kier alpha value is -11.5. The van der Waals surface area contributed by atoms with Crippen molar-refractivity contribution < 1.29 is 57.5 Å². The van der Waals surface area contributed by atoms with Crippen molar-refractivity contribution in [2.75, 3.05) is 0 Å². The molecule has 6 aliphatic heterocycles. The maximum atomic E-state index is 14.4. The average molecular weight is 1450 g/mol. The Morgan fingerprint density at radius 2 is 0.380 bits per heavy atom. The highest BCUT2D eigenvalue weighted by Gasteiger charge is 2.42. The number of amides is 12. The third kappa shape index (κ3) is 8.34. The Bertz CT molecular complexity index is 6460. The molecule has 0 saturated carbocycles. The molecule has 0 bridgehead atoms. The van der Waals surface area contributed by atoms with E-state index in [1.807, 2.05) is 12.1 Å². The van der Waals surface area contributed by atoms with Gasteiger partial charge in [0.25, 0.3) is 70.9 Å². The van der Waals surface area contributed by atoms with Crippen molar-refractivity contribution in [3.63, 3.8) is 0 Å². The van der Waals surface area contributed by atoms with Crippen LogP contribution >= 0.6 is 90.7 Å². The molecule has 0 fully saturated rings. The number of carbonyl (C=O) groups is 12. The molecular weight excluding hydrogens is 1420 g/mol. The summed E-state index contributed by atoms with van der Waals surface area (Å²) in [6.07, 6.45) is 0. The van der Waals surface area contributed by atoms with Gasteiger partial charge in [-0.2, -0.15) is 0 Å². The zero-order valence-electron chi connectivity index (χ0n) is 50.0. The minimum absolute atomic E-state index is 0.0125. The minimum atomic E-state index is -0.839. The van der Waals surface area contributed by atoms with Gasteiger partial charge in [0.2, 0.25) is 0 Å². The highest BCUT2D eigenvalue weighted by Crippen LogP contribution is 2.53. The van der Waals surface area contributed by atoms with Gasteiger partial charge in [-0.15, -0.1) is 90.7 Å². The van der Waals surface area contributed by atoms with Crippen molar-refractivity contribution in [3.05, 3.63) is 212 Å². The number of thiophene rings is 8. The van der Waals surface area contributed by atoms with Gasteiger partial charge in [-0.05, 0) is 139 Å². The lowest BCUT2D eigenvalue weighted by molar-refractivity contribution is 0.0823. The molecule has 14 heterocycles. The second kappa shape index (κ2) is 21.0. The van der Waals surface area contributed by atoms with E-state index >= 15 is 0 Å². The molecule has 6 aliphatic rings. The smallest absolute Gasteiger partial charge is 0.259 e. The van der Waals surface area contributed by atoms with Gasteiger partial charge in [0.1, 0.15) is 0 Å². The van der Waals surface area contributed by atoms with Crippen molar-refractivity contribution in [1.29, 1.82) is 0 Å². The van der Waals surface area contributed by atoms with E-state index < -0.39 is 70.9 Å². The largest absolute Gasteiger partial charge is 0.288 e. The van der Waals surface area contributed by atoms with E-state index in [0.717, 1.165) is 42.2 Å². The van der Waals surface area contributed by atoms with Crippen LogP contribution in [0.2, 0.25) is 0 Å². The molecule has 100 heavy (non-hydrogen) atoms. The van der Waals surface area contributed by atoms with Gasteiger partial charge in [-0.1, -0.05) is 6.07 Å². The van der Waals surface area contributed by atoms with Crippen molar-refractivity contribution in [3.8, 4) is 101 Å². The Morgan fingerprint density at radius 3 is 0.650 bits per heavy atom.